The Kier molecular flexibility index (Phi) is 7.02. The van der Waals surface area contributed by atoms with Gasteiger partial charge in [-0.05, 0) is 17.7 Å². The molecule has 0 saturated carbocycles. The maximum Gasteiger partial charge on any atom is 0.186 e. The van der Waals surface area contributed by atoms with Crippen LogP contribution >= 0.6 is 0 Å². The molecule has 2 heterocycles. The van der Waals surface area contributed by atoms with Gasteiger partial charge in [0.25, 0.3) is 0 Å². The number of hydrogen-bond acceptors (Lipinski definition) is 8. The van der Waals surface area contributed by atoms with Gasteiger partial charge in [0.2, 0.25) is 0 Å². The quantitative estimate of drug-likeness (QED) is 0.678. The molecule has 9 heteroatoms. The standard InChI is InChI=1S/C22H26O8S/c1-26-22-21(28-12-15-8-4-2-5-9-15)19(23)20-17(29-22)13-27-18(30-20)14-31(24,25)16-10-6-3-7-11-16/h2-11,17-23H,12-14H2,1H3/t17-,18?,19-,20-,21+,22+/m1/s1. The number of aliphatic hydroxyl groups excluding tert-OH is 1. The van der Waals surface area contributed by atoms with Crippen LogP contribution in [0.4, 0.5) is 0 Å². The third-order valence-electron chi connectivity index (χ3n) is 5.35. The third-order valence-corrected chi connectivity index (χ3v) is 7.05. The molecular formula is C22H26O8S. The fourth-order valence-corrected chi connectivity index (χ4v) is 5.04. The average molecular weight is 451 g/mol. The van der Waals surface area contributed by atoms with Crippen LogP contribution in [0.5, 0.6) is 0 Å². The second-order valence-corrected chi connectivity index (χ2v) is 9.52. The summed E-state index contributed by atoms with van der Waals surface area (Å²) in [5.74, 6) is -0.365. The number of methoxy groups -OCH3 is 1. The summed E-state index contributed by atoms with van der Waals surface area (Å²) in [6, 6.07) is 17.6. The maximum atomic E-state index is 12.7. The van der Waals surface area contributed by atoms with Gasteiger partial charge in [-0.25, -0.2) is 8.42 Å². The summed E-state index contributed by atoms with van der Waals surface area (Å²) in [6.07, 6.45) is -5.14. The van der Waals surface area contributed by atoms with Crippen LogP contribution in [0.3, 0.4) is 0 Å². The molecule has 6 atom stereocenters. The molecule has 0 aliphatic carbocycles. The summed E-state index contributed by atoms with van der Waals surface area (Å²) >= 11 is 0. The first-order valence-corrected chi connectivity index (χ1v) is 11.7. The van der Waals surface area contributed by atoms with Crippen LogP contribution in [-0.4, -0.2) is 70.0 Å². The highest BCUT2D eigenvalue weighted by Crippen LogP contribution is 2.31. The molecule has 0 aromatic heterocycles. The molecule has 0 bridgehead atoms. The first kappa shape index (κ1) is 22.3. The van der Waals surface area contributed by atoms with E-state index in [4.69, 9.17) is 23.7 Å². The zero-order chi connectivity index (χ0) is 21.8. The summed E-state index contributed by atoms with van der Waals surface area (Å²) in [5.41, 5.74) is 0.936. The molecule has 0 radical (unpaired) electrons. The highest BCUT2D eigenvalue weighted by molar-refractivity contribution is 7.91. The van der Waals surface area contributed by atoms with Gasteiger partial charge in [-0.2, -0.15) is 0 Å². The monoisotopic (exact) mass is 450 g/mol. The van der Waals surface area contributed by atoms with E-state index in [0.29, 0.717) is 0 Å². The molecule has 0 spiro atoms. The number of hydrogen-bond donors (Lipinski definition) is 1. The van der Waals surface area contributed by atoms with Gasteiger partial charge in [0.15, 0.2) is 22.4 Å². The smallest absolute Gasteiger partial charge is 0.186 e. The Morgan fingerprint density at radius 1 is 1.03 bits per heavy atom. The second-order valence-electron chi connectivity index (χ2n) is 7.49. The van der Waals surface area contributed by atoms with E-state index in [1.165, 1.54) is 19.2 Å². The summed E-state index contributed by atoms with van der Waals surface area (Å²) in [4.78, 5) is 0.188. The van der Waals surface area contributed by atoms with Crippen molar-refractivity contribution in [1.29, 1.82) is 0 Å². The van der Waals surface area contributed by atoms with E-state index in [9.17, 15) is 13.5 Å². The SMILES string of the molecule is CO[C@H]1O[C@@H]2COC(CS(=O)(=O)c3ccccc3)O[C@H]2[C@@H](O)[C@@H]1OCc1ccccc1. The number of benzene rings is 2. The van der Waals surface area contributed by atoms with E-state index in [1.807, 2.05) is 30.3 Å². The Morgan fingerprint density at radius 3 is 2.39 bits per heavy atom. The van der Waals surface area contributed by atoms with E-state index in [0.717, 1.165) is 5.56 Å². The van der Waals surface area contributed by atoms with Gasteiger partial charge in [0.1, 0.15) is 30.2 Å². The lowest BCUT2D eigenvalue weighted by molar-refractivity contribution is -0.358. The molecule has 1 unspecified atom stereocenters. The van der Waals surface area contributed by atoms with Crippen molar-refractivity contribution in [3.63, 3.8) is 0 Å². The van der Waals surface area contributed by atoms with E-state index in [-0.39, 0.29) is 23.9 Å². The molecule has 2 saturated heterocycles. The molecule has 2 aromatic rings. The van der Waals surface area contributed by atoms with Crippen molar-refractivity contribution < 1.29 is 37.2 Å². The Morgan fingerprint density at radius 2 is 1.71 bits per heavy atom. The summed E-state index contributed by atoms with van der Waals surface area (Å²) in [7, 11) is -2.15. The Hall–Kier alpha value is -1.85. The molecule has 1 N–H and O–H groups in total. The van der Waals surface area contributed by atoms with Crippen molar-refractivity contribution in [3.8, 4) is 0 Å². The van der Waals surface area contributed by atoms with Crippen LogP contribution in [0.2, 0.25) is 0 Å². The van der Waals surface area contributed by atoms with Crippen LogP contribution in [-0.2, 0) is 40.1 Å². The number of aliphatic hydroxyl groups is 1. The van der Waals surface area contributed by atoms with Gasteiger partial charge >= 0.3 is 0 Å². The van der Waals surface area contributed by atoms with E-state index < -0.39 is 46.8 Å². The van der Waals surface area contributed by atoms with Crippen LogP contribution in [0.25, 0.3) is 0 Å². The fraction of sp³-hybridized carbons (Fsp3) is 0.455. The van der Waals surface area contributed by atoms with Gasteiger partial charge < -0.3 is 28.8 Å². The largest absolute Gasteiger partial charge is 0.387 e. The molecular weight excluding hydrogens is 424 g/mol. The molecule has 31 heavy (non-hydrogen) atoms. The lowest BCUT2D eigenvalue weighted by Crippen LogP contribution is -2.64. The van der Waals surface area contributed by atoms with Gasteiger partial charge in [0, 0.05) is 7.11 Å². The van der Waals surface area contributed by atoms with Crippen molar-refractivity contribution >= 4 is 9.84 Å². The molecule has 168 valence electrons. The van der Waals surface area contributed by atoms with Crippen molar-refractivity contribution in [2.45, 2.75) is 48.5 Å². The van der Waals surface area contributed by atoms with Crippen LogP contribution < -0.4 is 0 Å². The minimum Gasteiger partial charge on any atom is -0.387 e. The number of sulfone groups is 1. The zero-order valence-electron chi connectivity index (χ0n) is 17.1. The van der Waals surface area contributed by atoms with E-state index in [2.05, 4.69) is 0 Å². The van der Waals surface area contributed by atoms with Gasteiger partial charge in [0.05, 0.1) is 18.1 Å². The maximum absolute atomic E-state index is 12.7. The highest BCUT2D eigenvalue weighted by atomic mass is 32.2. The second kappa shape index (κ2) is 9.74. The van der Waals surface area contributed by atoms with Gasteiger partial charge in [-0.1, -0.05) is 48.5 Å². The normalized spacial score (nSPS) is 31.2. The highest BCUT2D eigenvalue weighted by Gasteiger charge is 2.50. The molecule has 4 rings (SSSR count). The number of ether oxygens (including phenoxy) is 5. The lowest BCUT2D eigenvalue weighted by atomic mass is 9.98. The number of fused-ring (bicyclic) bond motifs is 1. The fourth-order valence-electron chi connectivity index (χ4n) is 3.74. The van der Waals surface area contributed by atoms with Gasteiger partial charge in [-0.15, -0.1) is 0 Å². The summed E-state index contributed by atoms with van der Waals surface area (Å²) < 4.78 is 53.9. The topological polar surface area (TPSA) is 101 Å². The third kappa shape index (κ3) is 5.15. The molecule has 2 aromatic carbocycles. The van der Waals surface area contributed by atoms with Crippen molar-refractivity contribution in [3.05, 3.63) is 66.2 Å². The molecule has 2 fully saturated rings. The van der Waals surface area contributed by atoms with Crippen LogP contribution in [0.15, 0.2) is 65.6 Å². The molecule has 2 aliphatic rings. The first-order valence-electron chi connectivity index (χ1n) is 10.0. The Bertz CT molecular complexity index is 936. The molecule has 0 amide bonds. The van der Waals surface area contributed by atoms with Crippen LogP contribution in [0.1, 0.15) is 5.56 Å². The lowest BCUT2D eigenvalue weighted by Gasteiger charge is -2.47. The minimum atomic E-state index is -3.62. The first-order chi connectivity index (χ1) is 15.0. The minimum absolute atomic E-state index is 0.0714. The number of rotatable bonds is 7. The zero-order valence-corrected chi connectivity index (χ0v) is 17.9. The summed E-state index contributed by atoms with van der Waals surface area (Å²) in [6.45, 7) is 0.327. The predicted molar refractivity (Wildman–Crippen MR) is 110 cm³/mol. The molecule has 2 aliphatic heterocycles. The Balaban J connectivity index is 1.43. The van der Waals surface area contributed by atoms with Gasteiger partial charge in [-0.3, -0.25) is 0 Å². The van der Waals surface area contributed by atoms with Crippen molar-refractivity contribution in [1.82, 2.24) is 0 Å². The van der Waals surface area contributed by atoms with E-state index >= 15 is 0 Å². The van der Waals surface area contributed by atoms with Crippen LogP contribution in [0, 0.1) is 0 Å². The van der Waals surface area contributed by atoms with E-state index in [1.54, 1.807) is 18.2 Å². The molecule has 8 nitrogen and oxygen atoms in total. The van der Waals surface area contributed by atoms with Crippen molar-refractivity contribution in [2.24, 2.45) is 0 Å². The Labute approximate surface area is 181 Å². The predicted octanol–water partition coefficient (Wildman–Crippen LogP) is 1.52. The summed E-state index contributed by atoms with van der Waals surface area (Å²) in [5, 5.41) is 11.0. The van der Waals surface area contributed by atoms with Crippen molar-refractivity contribution in [2.75, 3.05) is 19.5 Å². The average Bonchev–Trinajstić information content (AvgIpc) is 2.79.